The number of allylic oxidation sites excluding steroid dienone is 2. The molecule has 144 valence electrons. The molecule has 0 amide bonds. The topological polar surface area (TPSA) is 9.23 Å². The van der Waals surface area contributed by atoms with Crippen LogP contribution >= 0.6 is 0 Å². The van der Waals surface area contributed by atoms with Crippen LogP contribution in [0.5, 0.6) is 5.75 Å². The van der Waals surface area contributed by atoms with E-state index in [1.165, 1.54) is 64.9 Å². The third-order valence-electron chi connectivity index (χ3n) is 6.75. The van der Waals surface area contributed by atoms with Gasteiger partial charge in [0.05, 0.1) is 7.11 Å². The quantitative estimate of drug-likeness (QED) is 0.472. The second-order valence-electron chi connectivity index (χ2n) is 8.44. The van der Waals surface area contributed by atoms with Crippen molar-refractivity contribution < 1.29 is 9.13 Å². The van der Waals surface area contributed by atoms with Crippen LogP contribution in [-0.4, -0.2) is 7.11 Å². The molecule has 1 fully saturated rings. The summed E-state index contributed by atoms with van der Waals surface area (Å²) in [6.45, 7) is 2.32. The molecule has 2 aliphatic rings. The first kappa shape index (κ1) is 19.5. The fourth-order valence-corrected chi connectivity index (χ4v) is 5.09. The summed E-state index contributed by atoms with van der Waals surface area (Å²) in [5.41, 5.74) is 2.65. The normalized spacial score (nSPS) is 26.4. The van der Waals surface area contributed by atoms with E-state index in [1.807, 2.05) is 6.07 Å². The van der Waals surface area contributed by atoms with Gasteiger partial charge >= 0.3 is 0 Å². The lowest BCUT2D eigenvalue weighted by molar-refractivity contribution is 0.186. The van der Waals surface area contributed by atoms with Crippen LogP contribution in [0.1, 0.15) is 76.7 Å². The third kappa shape index (κ3) is 5.11. The molecule has 1 unspecified atom stereocenters. The Balaban J connectivity index is 1.44. The van der Waals surface area contributed by atoms with Crippen LogP contribution in [-0.2, 0) is 6.42 Å². The van der Waals surface area contributed by atoms with Crippen LogP contribution in [0.15, 0.2) is 29.8 Å². The maximum atomic E-state index is 13.8. The van der Waals surface area contributed by atoms with E-state index in [4.69, 9.17) is 4.74 Å². The first-order valence-corrected chi connectivity index (χ1v) is 10.7. The molecule has 0 aromatic heterocycles. The fraction of sp³-hybridized carbons (Fsp3) is 0.667. The van der Waals surface area contributed by atoms with Gasteiger partial charge in [0.1, 0.15) is 0 Å². The molecule has 1 aromatic rings. The zero-order chi connectivity index (χ0) is 18.4. The number of aryl methyl sites for hydroxylation is 1. The maximum Gasteiger partial charge on any atom is 0.165 e. The Labute approximate surface area is 159 Å². The van der Waals surface area contributed by atoms with Crippen LogP contribution < -0.4 is 4.74 Å². The summed E-state index contributed by atoms with van der Waals surface area (Å²) in [6.07, 6.45) is 17.0. The zero-order valence-corrected chi connectivity index (χ0v) is 16.6. The maximum absolute atomic E-state index is 13.8. The Morgan fingerprint density at radius 1 is 1.04 bits per heavy atom. The SMILES string of the molecule is CCCC1CCC(C2CC=C(CCc3ccc(OC)c(F)c3)CC2)CC1. The minimum Gasteiger partial charge on any atom is -0.494 e. The van der Waals surface area contributed by atoms with Gasteiger partial charge in [-0.3, -0.25) is 0 Å². The van der Waals surface area contributed by atoms with Crippen molar-refractivity contribution in [2.75, 3.05) is 7.11 Å². The number of methoxy groups -OCH3 is 1. The van der Waals surface area contributed by atoms with Crippen molar-refractivity contribution in [1.29, 1.82) is 0 Å². The second kappa shape index (κ2) is 9.58. The summed E-state index contributed by atoms with van der Waals surface area (Å²) in [7, 11) is 1.51. The standard InChI is InChI=1S/C24H35FO/c1-3-4-18-7-12-21(13-8-18)22-14-9-19(10-15-22)5-6-20-11-16-24(26-2)23(25)17-20/h9,11,16-18,21-22H,3-8,10,12-15H2,1-2H3. The first-order chi connectivity index (χ1) is 12.7. The van der Waals surface area contributed by atoms with E-state index < -0.39 is 0 Å². The number of hydrogen-bond acceptors (Lipinski definition) is 1. The minimum atomic E-state index is -0.249. The number of benzene rings is 1. The molecular formula is C24H35FO. The lowest BCUT2D eigenvalue weighted by Crippen LogP contribution is -2.23. The van der Waals surface area contributed by atoms with Crippen molar-refractivity contribution >= 4 is 0 Å². The number of halogens is 1. The first-order valence-electron chi connectivity index (χ1n) is 10.7. The molecule has 2 aliphatic carbocycles. The molecule has 1 saturated carbocycles. The Morgan fingerprint density at radius 3 is 2.46 bits per heavy atom. The highest BCUT2D eigenvalue weighted by atomic mass is 19.1. The van der Waals surface area contributed by atoms with Gasteiger partial charge < -0.3 is 4.74 Å². The molecule has 0 radical (unpaired) electrons. The average molecular weight is 359 g/mol. The van der Waals surface area contributed by atoms with Crippen molar-refractivity contribution in [3.8, 4) is 5.75 Å². The van der Waals surface area contributed by atoms with E-state index in [0.29, 0.717) is 5.75 Å². The van der Waals surface area contributed by atoms with Gasteiger partial charge in [-0.2, -0.15) is 0 Å². The summed E-state index contributed by atoms with van der Waals surface area (Å²) in [5, 5.41) is 0. The molecule has 0 saturated heterocycles. The molecule has 0 spiro atoms. The molecule has 0 aliphatic heterocycles. The van der Waals surface area contributed by atoms with Gasteiger partial charge in [-0.15, -0.1) is 0 Å². The number of rotatable bonds is 7. The molecule has 0 N–H and O–H groups in total. The van der Waals surface area contributed by atoms with Crippen molar-refractivity contribution in [3.63, 3.8) is 0 Å². The predicted octanol–water partition coefficient (Wildman–Crippen LogP) is 7.10. The average Bonchev–Trinajstić information content (AvgIpc) is 2.68. The fourth-order valence-electron chi connectivity index (χ4n) is 5.09. The van der Waals surface area contributed by atoms with E-state index in [0.717, 1.165) is 36.2 Å². The molecule has 1 atom stereocenters. The minimum absolute atomic E-state index is 0.249. The third-order valence-corrected chi connectivity index (χ3v) is 6.75. The lowest BCUT2D eigenvalue weighted by Gasteiger charge is -2.35. The summed E-state index contributed by atoms with van der Waals surface area (Å²) in [5.74, 6) is 2.98. The predicted molar refractivity (Wildman–Crippen MR) is 107 cm³/mol. The van der Waals surface area contributed by atoms with Crippen LogP contribution in [0.4, 0.5) is 4.39 Å². The van der Waals surface area contributed by atoms with Crippen molar-refractivity contribution in [2.45, 2.75) is 77.6 Å². The van der Waals surface area contributed by atoms with Crippen LogP contribution in [0.2, 0.25) is 0 Å². The van der Waals surface area contributed by atoms with Crippen LogP contribution in [0, 0.1) is 23.6 Å². The Hall–Kier alpha value is -1.31. The molecule has 26 heavy (non-hydrogen) atoms. The summed E-state index contributed by atoms with van der Waals surface area (Å²) >= 11 is 0. The monoisotopic (exact) mass is 358 g/mol. The highest BCUT2D eigenvalue weighted by Crippen LogP contribution is 2.41. The van der Waals surface area contributed by atoms with Crippen molar-refractivity contribution in [1.82, 2.24) is 0 Å². The molecule has 3 rings (SSSR count). The molecule has 0 heterocycles. The van der Waals surface area contributed by atoms with E-state index in [2.05, 4.69) is 13.0 Å². The summed E-state index contributed by atoms with van der Waals surface area (Å²) in [6, 6.07) is 5.35. The van der Waals surface area contributed by atoms with Crippen LogP contribution in [0.3, 0.4) is 0 Å². The van der Waals surface area contributed by atoms with E-state index >= 15 is 0 Å². The molecule has 1 nitrogen and oxygen atoms in total. The lowest BCUT2D eigenvalue weighted by atomic mass is 9.70. The molecule has 0 bridgehead atoms. The zero-order valence-electron chi connectivity index (χ0n) is 16.6. The second-order valence-corrected chi connectivity index (χ2v) is 8.44. The highest BCUT2D eigenvalue weighted by molar-refractivity contribution is 5.29. The largest absolute Gasteiger partial charge is 0.494 e. The number of ether oxygens (including phenoxy) is 1. The van der Waals surface area contributed by atoms with Gasteiger partial charge in [-0.25, -0.2) is 4.39 Å². The van der Waals surface area contributed by atoms with Crippen molar-refractivity contribution in [2.24, 2.45) is 17.8 Å². The Kier molecular flexibility index (Phi) is 7.16. The van der Waals surface area contributed by atoms with Gasteiger partial charge in [0, 0.05) is 0 Å². The van der Waals surface area contributed by atoms with Crippen LogP contribution in [0.25, 0.3) is 0 Å². The van der Waals surface area contributed by atoms with E-state index in [1.54, 1.807) is 17.7 Å². The molecule has 2 heteroatoms. The Morgan fingerprint density at radius 2 is 1.85 bits per heavy atom. The van der Waals surface area contributed by atoms with Crippen molar-refractivity contribution in [3.05, 3.63) is 41.2 Å². The van der Waals surface area contributed by atoms with Gasteiger partial charge in [-0.1, -0.05) is 50.3 Å². The van der Waals surface area contributed by atoms with Gasteiger partial charge in [-0.05, 0) is 80.4 Å². The number of hydrogen-bond donors (Lipinski definition) is 0. The Bertz CT molecular complexity index is 598. The van der Waals surface area contributed by atoms with E-state index in [-0.39, 0.29) is 5.82 Å². The molecule has 1 aromatic carbocycles. The highest BCUT2D eigenvalue weighted by Gasteiger charge is 2.28. The van der Waals surface area contributed by atoms with Gasteiger partial charge in [0.15, 0.2) is 11.6 Å². The van der Waals surface area contributed by atoms with Gasteiger partial charge in [0.2, 0.25) is 0 Å². The molecular weight excluding hydrogens is 323 g/mol. The smallest absolute Gasteiger partial charge is 0.165 e. The summed E-state index contributed by atoms with van der Waals surface area (Å²) in [4.78, 5) is 0. The van der Waals surface area contributed by atoms with E-state index in [9.17, 15) is 4.39 Å². The summed E-state index contributed by atoms with van der Waals surface area (Å²) < 4.78 is 18.8. The van der Waals surface area contributed by atoms with Gasteiger partial charge in [0.25, 0.3) is 0 Å².